The predicted molar refractivity (Wildman–Crippen MR) is 92.3 cm³/mol. The number of aromatic nitrogens is 1. The van der Waals surface area contributed by atoms with E-state index in [9.17, 15) is 9.59 Å². The molecule has 1 saturated heterocycles. The molecule has 0 aliphatic carbocycles. The monoisotopic (exact) mass is 342 g/mol. The van der Waals surface area contributed by atoms with Crippen molar-refractivity contribution in [1.82, 2.24) is 9.88 Å². The van der Waals surface area contributed by atoms with E-state index in [1.165, 1.54) is 6.39 Å². The number of hydrogen-bond donors (Lipinski definition) is 0. The highest BCUT2D eigenvalue weighted by atomic mass is 16.5. The molecule has 1 fully saturated rings. The maximum Gasteiger partial charge on any atom is 0.360 e. The largest absolute Gasteiger partial charge is 0.461 e. The lowest BCUT2D eigenvalue weighted by Gasteiger charge is -2.21. The smallest absolute Gasteiger partial charge is 0.360 e. The molecule has 0 unspecified atom stereocenters. The third-order valence-electron chi connectivity index (χ3n) is 4.33. The molecule has 0 spiro atoms. The Kier molecular flexibility index (Phi) is 5.48. The van der Waals surface area contributed by atoms with Gasteiger partial charge in [0.25, 0.3) is 5.91 Å². The van der Waals surface area contributed by atoms with Gasteiger partial charge in [0.2, 0.25) is 0 Å². The summed E-state index contributed by atoms with van der Waals surface area (Å²) in [5.41, 5.74) is 1.18. The summed E-state index contributed by atoms with van der Waals surface area (Å²) in [5, 5.41) is 0. The first-order valence-corrected chi connectivity index (χ1v) is 8.71. The fourth-order valence-electron chi connectivity index (χ4n) is 3.09. The quantitative estimate of drug-likeness (QED) is 0.795. The van der Waals surface area contributed by atoms with Gasteiger partial charge in [0, 0.05) is 18.7 Å². The lowest BCUT2D eigenvalue weighted by Crippen LogP contribution is -2.32. The Hall–Kier alpha value is -2.63. The van der Waals surface area contributed by atoms with Crippen molar-refractivity contribution in [3.63, 3.8) is 0 Å². The van der Waals surface area contributed by atoms with Gasteiger partial charge in [-0.15, -0.1) is 0 Å². The minimum atomic E-state index is -0.553. The number of ether oxygens (including phenoxy) is 1. The number of esters is 1. The number of likely N-dealkylation sites (tertiary alicyclic amines) is 1. The molecule has 132 valence electrons. The average Bonchev–Trinajstić information content (AvgIpc) is 2.96. The molecular weight excluding hydrogens is 320 g/mol. The summed E-state index contributed by atoms with van der Waals surface area (Å²) in [6.45, 7) is 3.50. The highest BCUT2D eigenvalue weighted by Crippen LogP contribution is 2.28. The van der Waals surface area contributed by atoms with E-state index in [2.05, 4.69) is 4.98 Å². The van der Waals surface area contributed by atoms with Crippen molar-refractivity contribution in [2.24, 2.45) is 0 Å². The fraction of sp³-hybridized carbons (Fsp3) is 0.421. The SMILES string of the molecule is CCOC(=O)c1ncoc1-c1ccccc1C(=O)N1CCCCCC1. The number of rotatable bonds is 4. The standard InChI is InChI=1S/C19H22N2O4/c1-2-24-19(23)16-17(25-13-20-16)14-9-5-6-10-15(14)18(22)21-11-7-3-4-8-12-21/h5-6,9-10,13H,2-4,7-8,11-12H2,1H3. The Morgan fingerprint density at radius 2 is 1.88 bits per heavy atom. The lowest BCUT2D eigenvalue weighted by atomic mass is 10.0. The van der Waals surface area contributed by atoms with Gasteiger partial charge in [0.05, 0.1) is 12.2 Å². The normalized spacial score (nSPS) is 14.8. The Morgan fingerprint density at radius 3 is 2.60 bits per heavy atom. The number of hydrogen-bond acceptors (Lipinski definition) is 5. The van der Waals surface area contributed by atoms with E-state index in [0.29, 0.717) is 11.1 Å². The van der Waals surface area contributed by atoms with Gasteiger partial charge in [-0.05, 0) is 25.8 Å². The molecule has 25 heavy (non-hydrogen) atoms. The van der Waals surface area contributed by atoms with Crippen LogP contribution in [0.25, 0.3) is 11.3 Å². The summed E-state index contributed by atoms with van der Waals surface area (Å²) < 4.78 is 10.5. The second-order valence-corrected chi connectivity index (χ2v) is 6.00. The van der Waals surface area contributed by atoms with Crippen molar-refractivity contribution in [3.05, 3.63) is 41.9 Å². The van der Waals surface area contributed by atoms with Crippen LogP contribution in [0.4, 0.5) is 0 Å². The van der Waals surface area contributed by atoms with Crippen molar-refractivity contribution in [1.29, 1.82) is 0 Å². The highest BCUT2D eigenvalue weighted by Gasteiger charge is 2.25. The van der Waals surface area contributed by atoms with Crippen molar-refractivity contribution in [2.45, 2.75) is 32.6 Å². The highest BCUT2D eigenvalue weighted by molar-refractivity contribution is 6.03. The number of nitrogens with zero attached hydrogens (tertiary/aromatic N) is 2. The molecule has 0 atom stereocenters. The molecule has 0 radical (unpaired) electrons. The lowest BCUT2D eigenvalue weighted by molar-refractivity contribution is 0.0520. The zero-order valence-corrected chi connectivity index (χ0v) is 14.4. The van der Waals surface area contributed by atoms with Crippen molar-refractivity contribution < 1.29 is 18.7 Å². The minimum absolute atomic E-state index is 0.0382. The number of amides is 1. The summed E-state index contributed by atoms with van der Waals surface area (Å²) in [7, 11) is 0. The molecule has 1 aliphatic rings. The molecule has 1 aromatic carbocycles. The fourth-order valence-corrected chi connectivity index (χ4v) is 3.09. The number of oxazole rings is 1. The molecule has 2 aromatic rings. The zero-order chi connectivity index (χ0) is 17.6. The van der Waals surface area contributed by atoms with Crippen molar-refractivity contribution in [2.75, 3.05) is 19.7 Å². The minimum Gasteiger partial charge on any atom is -0.461 e. The molecule has 6 nitrogen and oxygen atoms in total. The van der Waals surface area contributed by atoms with Gasteiger partial charge in [-0.2, -0.15) is 0 Å². The van der Waals surface area contributed by atoms with E-state index < -0.39 is 5.97 Å². The molecule has 0 saturated carbocycles. The first-order valence-electron chi connectivity index (χ1n) is 8.71. The van der Waals surface area contributed by atoms with Crippen LogP contribution in [-0.2, 0) is 4.74 Å². The summed E-state index contributed by atoms with van der Waals surface area (Å²) in [6.07, 6.45) is 5.55. The van der Waals surface area contributed by atoms with Gasteiger partial charge in [0.1, 0.15) is 0 Å². The maximum absolute atomic E-state index is 13.0. The maximum atomic E-state index is 13.0. The Labute approximate surface area is 146 Å². The first kappa shape index (κ1) is 17.2. The molecule has 6 heteroatoms. The van der Waals surface area contributed by atoms with Crippen LogP contribution in [0, 0.1) is 0 Å². The van der Waals surface area contributed by atoms with Crippen LogP contribution in [0.2, 0.25) is 0 Å². The van der Waals surface area contributed by atoms with Crippen LogP contribution < -0.4 is 0 Å². The van der Waals surface area contributed by atoms with Crippen LogP contribution in [-0.4, -0.2) is 41.5 Å². The summed E-state index contributed by atoms with van der Waals surface area (Å²) in [6, 6.07) is 7.16. The second kappa shape index (κ2) is 7.96. The molecule has 1 aliphatic heterocycles. The van der Waals surface area contributed by atoms with Crippen LogP contribution in [0.15, 0.2) is 35.1 Å². The van der Waals surface area contributed by atoms with E-state index >= 15 is 0 Å². The van der Waals surface area contributed by atoms with E-state index in [4.69, 9.17) is 9.15 Å². The third kappa shape index (κ3) is 3.73. The molecule has 0 N–H and O–H groups in total. The van der Waals surface area contributed by atoms with Gasteiger partial charge >= 0.3 is 5.97 Å². The molecule has 1 amide bonds. The average molecular weight is 342 g/mol. The van der Waals surface area contributed by atoms with Gasteiger partial charge in [-0.1, -0.05) is 31.0 Å². The predicted octanol–water partition coefficient (Wildman–Crippen LogP) is 3.53. The van der Waals surface area contributed by atoms with Crippen LogP contribution in [0.5, 0.6) is 0 Å². The van der Waals surface area contributed by atoms with Crippen molar-refractivity contribution in [3.8, 4) is 11.3 Å². The zero-order valence-electron chi connectivity index (χ0n) is 14.4. The Balaban J connectivity index is 1.95. The molecule has 3 rings (SSSR count). The van der Waals surface area contributed by atoms with Gasteiger partial charge < -0.3 is 14.1 Å². The van der Waals surface area contributed by atoms with Crippen LogP contribution in [0.1, 0.15) is 53.5 Å². The van der Waals surface area contributed by atoms with Gasteiger partial charge in [0.15, 0.2) is 17.8 Å². The summed E-state index contributed by atoms with van der Waals surface area (Å²) >= 11 is 0. The Bertz CT molecular complexity index is 745. The van der Waals surface area contributed by atoms with Gasteiger partial charge in [-0.25, -0.2) is 9.78 Å². The number of benzene rings is 1. The van der Waals surface area contributed by atoms with Crippen LogP contribution >= 0.6 is 0 Å². The summed E-state index contributed by atoms with van der Waals surface area (Å²) in [4.78, 5) is 31.0. The molecule has 1 aromatic heterocycles. The summed E-state index contributed by atoms with van der Waals surface area (Å²) in [5.74, 6) is -0.316. The molecular formula is C19H22N2O4. The van der Waals surface area contributed by atoms with Crippen LogP contribution in [0.3, 0.4) is 0 Å². The van der Waals surface area contributed by atoms with E-state index in [1.54, 1.807) is 19.1 Å². The van der Waals surface area contributed by atoms with E-state index in [0.717, 1.165) is 38.8 Å². The van der Waals surface area contributed by atoms with Gasteiger partial charge in [-0.3, -0.25) is 4.79 Å². The number of carbonyl (C=O) groups is 2. The van der Waals surface area contributed by atoms with E-state index in [-0.39, 0.29) is 24.0 Å². The molecule has 0 bridgehead atoms. The Morgan fingerprint density at radius 1 is 1.16 bits per heavy atom. The topological polar surface area (TPSA) is 72.6 Å². The third-order valence-corrected chi connectivity index (χ3v) is 4.33. The number of carbonyl (C=O) groups excluding carboxylic acids is 2. The second-order valence-electron chi connectivity index (χ2n) is 6.00. The molecule has 2 heterocycles. The van der Waals surface area contributed by atoms with E-state index in [1.807, 2.05) is 17.0 Å². The first-order chi connectivity index (χ1) is 12.2. The van der Waals surface area contributed by atoms with Crippen molar-refractivity contribution >= 4 is 11.9 Å².